The lowest BCUT2D eigenvalue weighted by molar-refractivity contribution is 0.279. The minimum absolute atomic E-state index is 0. The second-order valence-corrected chi connectivity index (χ2v) is 7.62. The Morgan fingerprint density at radius 2 is 1.12 bits per heavy atom. The fourth-order valence-electron chi connectivity index (χ4n) is 0.886. The smallest absolute Gasteiger partial charge is 0.266 e. The Labute approximate surface area is 111 Å². The summed E-state index contributed by atoms with van der Waals surface area (Å²) < 4.78 is 47.0. The van der Waals surface area contributed by atoms with Crippen molar-refractivity contribution in [2.75, 3.05) is 13.2 Å². The van der Waals surface area contributed by atoms with Crippen LogP contribution in [0.25, 0.3) is 0 Å². The normalized spacial score (nSPS) is 17.8. The molecule has 0 aliphatic rings. The molecule has 0 rings (SSSR count). The molecule has 7 nitrogen and oxygen atoms in total. The Morgan fingerprint density at radius 3 is 1.35 bits per heavy atom. The van der Waals surface area contributed by atoms with Crippen LogP contribution in [0.15, 0.2) is 0 Å². The van der Waals surface area contributed by atoms with E-state index in [1.807, 2.05) is 0 Å². The Kier molecular flexibility index (Phi) is 11.1. The lowest BCUT2D eigenvalue weighted by Crippen LogP contribution is -2.04. The molecule has 17 heavy (non-hydrogen) atoms. The highest BCUT2D eigenvalue weighted by molar-refractivity contribution is 8.27. The topological polar surface area (TPSA) is 125 Å². The average molecular weight is 328 g/mol. The van der Waals surface area contributed by atoms with Crippen molar-refractivity contribution in [2.45, 2.75) is 25.7 Å². The van der Waals surface area contributed by atoms with Crippen LogP contribution >= 0.6 is 0 Å². The van der Waals surface area contributed by atoms with Crippen LogP contribution in [0.2, 0.25) is 0 Å². The lowest BCUT2D eigenvalue weighted by atomic mass is 10.2. The number of hydrogen-bond acceptors (Lipinski definition) is 6. The van der Waals surface area contributed by atoms with E-state index in [1.54, 1.807) is 0 Å². The predicted octanol–water partition coefficient (Wildman–Crippen LogP) is 0.0239. The van der Waals surface area contributed by atoms with Gasteiger partial charge in [0.15, 0.2) is 0 Å². The van der Waals surface area contributed by atoms with Crippen LogP contribution < -0.4 is 0 Å². The molecule has 0 bridgehead atoms. The highest BCUT2D eigenvalue weighted by Crippen LogP contribution is 2.02. The van der Waals surface area contributed by atoms with Gasteiger partial charge in [0.05, 0.1) is 13.2 Å². The van der Waals surface area contributed by atoms with Crippen molar-refractivity contribution in [3.05, 3.63) is 0 Å². The third-order valence-corrected chi connectivity index (χ3v) is 3.01. The Balaban J connectivity index is 0. The molecule has 0 aromatic heterocycles. The quantitative estimate of drug-likeness (QED) is 0.568. The molecule has 0 saturated heterocycles. The standard InChI is InChI=1S/C6H14O6S4.H2O/c7-15(8,13)11-5-3-1-2-4-6-12-16(9,10)14;/h1-6H2,(H,7,8,13)(H,9,10,14);1H2. The maximum absolute atomic E-state index is 10.5. The fraction of sp³-hybridized carbons (Fsp3) is 1.00. The molecule has 2 unspecified atom stereocenters. The van der Waals surface area contributed by atoms with Crippen molar-refractivity contribution in [1.29, 1.82) is 0 Å². The summed E-state index contributed by atoms with van der Waals surface area (Å²) in [5.74, 6) is 0. The van der Waals surface area contributed by atoms with E-state index in [-0.39, 0.29) is 18.7 Å². The van der Waals surface area contributed by atoms with Crippen LogP contribution in [0.4, 0.5) is 0 Å². The number of unbranched alkanes of at least 4 members (excludes halogenated alkanes) is 3. The van der Waals surface area contributed by atoms with Gasteiger partial charge in [0.1, 0.15) is 0 Å². The van der Waals surface area contributed by atoms with Gasteiger partial charge < -0.3 is 5.48 Å². The van der Waals surface area contributed by atoms with Crippen LogP contribution in [0.3, 0.4) is 0 Å². The predicted molar refractivity (Wildman–Crippen MR) is 70.3 cm³/mol. The summed E-state index contributed by atoms with van der Waals surface area (Å²) in [6.45, 7) is 0.245. The van der Waals surface area contributed by atoms with Gasteiger partial charge in [-0.15, -0.1) is 0 Å². The van der Waals surface area contributed by atoms with E-state index in [0.29, 0.717) is 12.8 Å². The second kappa shape index (κ2) is 9.47. The second-order valence-electron chi connectivity index (χ2n) is 2.91. The van der Waals surface area contributed by atoms with Gasteiger partial charge in [-0.05, 0) is 12.8 Å². The molecule has 4 N–H and O–H groups in total. The van der Waals surface area contributed by atoms with Gasteiger partial charge in [0.25, 0.3) is 18.1 Å². The zero-order chi connectivity index (χ0) is 12.7. The molecule has 0 radical (unpaired) electrons. The molecule has 0 spiro atoms. The van der Waals surface area contributed by atoms with Crippen molar-refractivity contribution in [3.8, 4) is 0 Å². The third-order valence-electron chi connectivity index (χ3n) is 1.50. The molecule has 106 valence electrons. The van der Waals surface area contributed by atoms with Crippen molar-refractivity contribution in [3.63, 3.8) is 0 Å². The van der Waals surface area contributed by atoms with Gasteiger partial charge in [0, 0.05) is 22.4 Å². The SMILES string of the molecule is O.O=S(O)(=S)OCCCCCCOS(=O)(O)=S. The molecule has 0 aliphatic carbocycles. The van der Waals surface area contributed by atoms with Crippen molar-refractivity contribution >= 4 is 40.5 Å². The van der Waals surface area contributed by atoms with E-state index in [9.17, 15) is 8.42 Å². The highest BCUT2D eigenvalue weighted by atomic mass is 32.9. The molecule has 11 heteroatoms. The van der Waals surface area contributed by atoms with Gasteiger partial charge in [-0.2, -0.15) is 8.42 Å². The average Bonchev–Trinajstić information content (AvgIpc) is 2.06. The van der Waals surface area contributed by atoms with Gasteiger partial charge in [-0.3, -0.25) is 17.5 Å². The van der Waals surface area contributed by atoms with Crippen molar-refractivity contribution in [2.24, 2.45) is 0 Å². The van der Waals surface area contributed by atoms with Crippen LogP contribution in [0.5, 0.6) is 0 Å². The fourth-order valence-corrected chi connectivity index (χ4v) is 1.95. The minimum Gasteiger partial charge on any atom is -0.412 e. The molecule has 0 aromatic carbocycles. The summed E-state index contributed by atoms with van der Waals surface area (Å²) in [7, 11) is -7.03. The molecule has 0 aromatic rings. The monoisotopic (exact) mass is 328 g/mol. The molecular weight excluding hydrogens is 312 g/mol. The molecular formula is C6H16O7S4. The highest BCUT2D eigenvalue weighted by Gasteiger charge is 2.00. The zero-order valence-electron chi connectivity index (χ0n) is 8.90. The summed E-state index contributed by atoms with van der Waals surface area (Å²) in [6, 6.07) is 0. The van der Waals surface area contributed by atoms with E-state index in [0.717, 1.165) is 12.8 Å². The first kappa shape index (κ1) is 19.9. The van der Waals surface area contributed by atoms with E-state index >= 15 is 0 Å². The van der Waals surface area contributed by atoms with Crippen molar-refractivity contribution in [1.82, 2.24) is 0 Å². The number of hydrogen-bond donors (Lipinski definition) is 2. The summed E-state index contributed by atoms with van der Waals surface area (Å²) in [6.07, 6.45) is 2.68. The molecule has 0 amide bonds. The molecule has 0 heterocycles. The van der Waals surface area contributed by atoms with Crippen LogP contribution in [0.1, 0.15) is 25.7 Å². The molecule has 2 atom stereocenters. The molecule has 0 saturated carbocycles. The van der Waals surface area contributed by atoms with Gasteiger partial charge >= 0.3 is 0 Å². The van der Waals surface area contributed by atoms with Gasteiger partial charge in [-0.25, -0.2) is 0 Å². The van der Waals surface area contributed by atoms with E-state index < -0.39 is 18.1 Å². The lowest BCUT2D eigenvalue weighted by Gasteiger charge is -2.03. The maximum atomic E-state index is 10.5. The van der Waals surface area contributed by atoms with Crippen molar-refractivity contribution < 1.29 is 31.4 Å². The first-order valence-electron chi connectivity index (χ1n) is 4.44. The minimum atomic E-state index is -3.52. The Bertz CT molecular complexity index is 335. The van der Waals surface area contributed by atoms with E-state index in [1.165, 1.54) is 0 Å². The van der Waals surface area contributed by atoms with Gasteiger partial charge in [-0.1, -0.05) is 12.8 Å². The Morgan fingerprint density at radius 1 is 0.824 bits per heavy atom. The van der Waals surface area contributed by atoms with Crippen LogP contribution in [0, 0.1) is 0 Å². The third kappa shape index (κ3) is 19.1. The Hall–Kier alpha value is 0.540. The summed E-state index contributed by atoms with van der Waals surface area (Å²) in [4.78, 5) is 0. The van der Waals surface area contributed by atoms with E-state index in [4.69, 9.17) is 9.11 Å². The maximum Gasteiger partial charge on any atom is 0.266 e. The van der Waals surface area contributed by atoms with E-state index in [2.05, 4.69) is 30.7 Å². The van der Waals surface area contributed by atoms with Crippen LogP contribution in [-0.4, -0.2) is 36.2 Å². The summed E-state index contributed by atoms with van der Waals surface area (Å²) in [5, 5.41) is 0. The number of rotatable bonds is 9. The first-order chi connectivity index (χ1) is 7.21. The van der Waals surface area contributed by atoms with Gasteiger partial charge in [0.2, 0.25) is 0 Å². The first-order valence-corrected chi connectivity index (χ1v) is 9.17. The molecule has 0 fully saturated rings. The largest absolute Gasteiger partial charge is 0.412 e. The zero-order valence-corrected chi connectivity index (χ0v) is 12.2. The summed E-state index contributed by atoms with van der Waals surface area (Å²) >= 11 is 8.23. The van der Waals surface area contributed by atoms with Crippen LogP contribution in [-0.2, 0) is 48.8 Å². The summed E-state index contributed by atoms with van der Waals surface area (Å²) in [5.41, 5.74) is 0. The molecule has 0 aliphatic heterocycles.